The van der Waals surface area contributed by atoms with E-state index in [2.05, 4.69) is 20.8 Å². The largest absolute Gasteiger partial charge is 0.261 e. The normalized spacial score (nSPS) is 12.8. The Morgan fingerprint density at radius 2 is 1.81 bits per heavy atom. The summed E-state index contributed by atoms with van der Waals surface area (Å²) in [6, 6.07) is 5.20. The average Bonchev–Trinajstić information content (AvgIpc) is 1.97. The van der Waals surface area contributed by atoms with Crippen LogP contribution in [0.4, 0.5) is 0 Å². The van der Waals surface area contributed by atoms with E-state index in [1.54, 1.807) is 30.8 Å². The molecule has 0 bridgehead atoms. The second kappa shape index (κ2) is 4.59. The Balaban J connectivity index is 3.10. The van der Waals surface area contributed by atoms with Gasteiger partial charge in [-0.1, -0.05) is 20.8 Å². The predicted molar refractivity (Wildman–Crippen MR) is 69.8 cm³/mol. The summed E-state index contributed by atoms with van der Waals surface area (Å²) in [6.07, 6.45) is 0. The summed E-state index contributed by atoms with van der Waals surface area (Å²) in [5.74, 6) is 0. The fraction of sp³-hybridized carbons (Fsp3) is 0.455. The Hall–Kier alpha value is -0.190. The van der Waals surface area contributed by atoms with Gasteiger partial charge in [-0.2, -0.15) is 0 Å². The number of benzene rings is 1. The maximum Gasteiger partial charge on any atom is 0.261 e. The number of rotatable bonds is 2. The van der Waals surface area contributed by atoms with Crippen LogP contribution in [0.5, 0.6) is 0 Å². The summed E-state index contributed by atoms with van der Waals surface area (Å²) < 4.78 is 22.5. The Morgan fingerprint density at radius 3 is 2.19 bits per heavy atom. The Labute approximate surface area is 106 Å². The molecular formula is C11H15ClO2S2. The molecule has 1 rings (SSSR count). The van der Waals surface area contributed by atoms with Crippen molar-refractivity contribution in [3.8, 4) is 0 Å². The Morgan fingerprint density at radius 1 is 1.25 bits per heavy atom. The van der Waals surface area contributed by atoms with Crippen LogP contribution in [-0.4, -0.2) is 13.2 Å². The van der Waals surface area contributed by atoms with E-state index in [1.807, 2.05) is 6.07 Å². The van der Waals surface area contributed by atoms with E-state index in [4.69, 9.17) is 10.7 Å². The first-order valence-electron chi connectivity index (χ1n) is 4.84. The van der Waals surface area contributed by atoms with Crippen molar-refractivity contribution < 1.29 is 8.42 Å². The molecule has 1 aromatic carbocycles. The minimum atomic E-state index is -3.63. The van der Waals surface area contributed by atoms with Gasteiger partial charge in [-0.05, 0) is 30.7 Å². The van der Waals surface area contributed by atoms with E-state index < -0.39 is 9.05 Å². The molecule has 1 aromatic rings. The van der Waals surface area contributed by atoms with Gasteiger partial charge in [-0.3, -0.25) is 0 Å². The van der Waals surface area contributed by atoms with Crippen LogP contribution in [0, 0.1) is 6.92 Å². The van der Waals surface area contributed by atoms with Gasteiger partial charge in [0.25, 0.3) is 9.05 Å². The highest BCUT2D eigenvalue weighted by atomic mass is 35.7. The first kappa shape index (κ1) is 13.9. The first-order valence-corrected chi connectivity index (χ1v) is 7.96. The molecule has 0 saturated heterocycles. The minimum absolute atomic E-state index is 0.105. The van der Waals surface area contributed by atoms with Crippen LogP contribution in [-0.2, 0) is 9.05 Å². The summed E-state index contributed by atoms with van der Waals surface area (Å²) in [6.45, 7) is 8.08. The molecule has 0 heterocycles. The second-order valence-corrected chi connectivity index (χ2v) is 9.01. The van der Waals surface area contributed by atoms with Crippen LogP contribution in [0.3, 0.4) is 0 Å². The van der Waals surface area contributed by atoms with Crippen molar-refractivity contribution in [2.24, 2.45) is 0 Å². The van der Waals surface area contributed by atoms with Gasteiger partial charge in [0, 0.05) is 20.3 Å². The first-order chi connectivity index (χ1) is 7.09. The van der Waals surface area contributed by atoms with Crippen LogP contribution in [0.1, 0.15) is 26.3 Å². The topological polar surface area (TPSA) is 34.1 Å². The van der Waals surface area contributed by atoms with Crippen molar-refractivity contribution >= 4 is 31.5 Å². The lowest BCUT2D eigenvalue weighted by Crippen LogP contribution is -2.06. The van der Waals surface area contributed by atoms with Gasteiger partial charge < -0.3 is 0 Å². The number of halogens is 1. The number of aryl methyl sites for hydroxylation is 1. The van der Waals surface area contributed by atoms with Crippen LogP contribution in [0.25, 0.3) is 0 Å². The van der Waals surface area contributed by atoms with Crippen molar-refractivity contribution in [3.63, 3.8) is 0 Å². The molecule has 0 saturated carbocycles. The van der Waals surface area contributed by atoms with Gasteiger partial charge >= 0.3 is 0 Å². The third-order valence-electron chi connectivity index (χ3n) is 1.83. The fourth-order valence-electron chi connectivity index (χ4n) is 1.31. The highest BCUT2D eigenvalue weighted by Gasteiger charge is 2.16. The molecule has 2 nitrogen and oxygen atoms in total. The lowest BCUT2D eigenvalue weighted by molar-refractivity contribution is 0.609. The maximum absolute atomic E-state index is 11.2. The molecule has 0 aliphatic rings. The summed E-state index contributed by atoms with van der Waals surface area (Å²) in [4.78, 5) is 1.24. The van der Waals surface area contributed by atoms with Gasteiger partial charge in [0.1, 0.15) is 0 Å². The number of hydrogen-bond acceptors (Lipinski definition) is 3. The van der Waals surface area contributed by atoms with E-state index in [-0.39, 0.29) is 9.64 Å². The van der Waals surface area contributed by atoms with E-state index in [0.29, 0.717) is 5.56 Å². The third kappa shape index (κ3) is 4.00. The molecule has 0 atom stereocenters. The van der Waals surface area contributed by atoms with Crippen LogP contribution in [0.2, 0.25) is 0 Å². The zero-order chi connectivity index (χ0) is 12.6. The summed E-state index contributed by atoms with van der Waals surface area (Å²) in [5.41, 5.74) is 0.684. The minimum Gasteiger partial charge on any atom is -0.207 e. The smallest absolute Gasteiger partial charge is 0.207 e. The van der Waals surface area contributed by atoms with E-state index in [9.17, 15) is 8.42 Å². The lowest BCUT2D eigenvalue weighted by atomic mass is 10.2. The molecule has 0 amide bonds. The van der Waals surface area contributed by atoms with Crippen LogP contribution < -0.4 is 0 Å². The van der Waals surface area contributed by atoms with Crippen molar-refractivity contribution in [2.75, 3.05) is 0 Å². The van der Waals surface area contributed by atoms with Crippen molar-refractivity contribution in [1.82, 2.24) is 0 Å². The summed E-state index contributed by atoms with van der Waals surface area (Å²) >= 11 is 1.70. The SMILES string of the molecule is Cc1cc(SC(C)(C)C)ccc1S(=O)(=O)Cl. The molecular weight excluding hydrogens is 264 g/mol. The third-order valence-corrected chi connectivity index (χ3v) is 4.42. The highest BCUT2D eigenvalue weighted by molar-refractivity contribution is 8.13. The molecule has 90 valence electrons. The molecule has 0 N–H and O–H groups in total. The van der Waals surface area contributed by atoms with E-state index in [0.717, 1.165) is 4.90 Å². The van der Waals surface area contributed by atoms with Crippen molar-refractivity contribution in [2.45, 2.75) is 42.2 Å². The van der Waals surface area contributed by atoms with Gasteiger partial charge in [0.05, 0.1) is 4.90 Å². The van der Waals surface area contributed by atoms with E-state index in [1.165, 1.54) is 0 Å². The average molecular weight is 279 g/mol. The van der Waals surface area contributed by atoms with Crippen molar-refractivity contribution in [1.29, 1.82) is 0 Å². The number of thioether (sulfide) groups is 1. The van der Waals surface area contributed by atoms with Crippen LogP contribution >= 0.6 is 22.4 Å². The molecule has 0 aliphatic heterocycles. The predicted octanol–water partition coefficient (Wildman–Crippen LogP) is 3.81. The van der Waals surface area contributed by atoms with Gasteiger partial charge in [-0.25, -0.2) is 8.42 Å². The Kier molecular flexibility index (Phi) is 3.98. The lowest BCUT2D eigenvalue weighted by Gasteiger charge is -2.18. The van der Waals surface area contributed by atoms with Gasteiger partial charge in [0.2, 0.25) is 0 Å². The monoisotopic (exact) mass is 278 g/mol. The number of hydrogen-bond donors (Lipinski definition) is 0. The van der Waals surface area contributed by atoms with Crippen molar-refractivity contribution in [3.05, 3.63) is 23.8 Å². The van der Waals surface area contributed by atoms with Crippen LogP contribution in [0.15, 0.2) is 28.0 Å². The summed E-state index contributed by atoms with van der Waals surface area (Å²) in [5, 5.41) is 0. The molecule has 0 spiro atoms. The van der Waals surface area contributed by atoms with E-state index >= 15 is 0 Å². The molecule has 0 radical (unpaired) electrons. The maximum atomic E-state index is 11.2. The molecule has 16 heavy (non-hydrogen) atoms. The summed E-state index contributed by atoms with van der Waals surface area (Å²) in [7, 11) is 1.68. The second-order valence-electron chi connectivity index (χ2n) is 4.58. The molecule has 0 aromatic heterocycles. The van der Waals surface area contributed by atoms with Gasteiger partial charge in [-0.15, -0.1) is 11.8 Å². The molecule has 0 unspecified atom stereocenters. The molecule has 5 heteroatoms. The molecule has 0 aliphatic carbocycles. The quantitative estimate of drug-likeness (QED) is 0.609. The molecule has 0 fully saturated rings. The zero-order valence-electron chi connectivity index (χ0n) is 9.74. The van der Waals surface area contributed by atoms with Gasteiger partial charge in [0.15, 0.2) is 0 Å². The fourth-order valence-corrected chi connectivity index (χ4v) is 3.58. The highest BCUT2D eigenvalue weighted by Crippen LogP contribution is 2.33. The Bertz CT molecular complexity index is 487. The zero-order valence-corrected chi connectivity index (χ0v) is 12.1. The standard InChI is InChI=1S/C11H15ClO2S2/c1-8-7-9(15-11(2,3)4)5-6-10(8)16(12,13)14/h5-7H,1-4H3.